The van der Waals surface area contributed by atoms with Crippen molar-refractivity contribution in [2.24, 2.45) is 5.73 Å². The minimum absolute atomic E-state index is 0.349. The summed E-state index contributed by atoms with van der Waals surface area (Å²) >= 11 is 0. The molecule has 2 rings (SSSR count). The lowest BCUT2D eigenvalue weighted by Crippen LogP contribution is -2.55. The molecule has 2 fully saturated rings. The number of nitrogens with two attached hydrogens (primary N) is 1. The molecule has 1 saturated carbocycles. The average molecular weight is 296 g/mol. The molecule has 124 valence electrons. The number of morpholine rings is 1. The van der Waals surface area contributed by atoms with Gasteiger partial charge in [0.1, 0.15) is 0 Å². The molecule has 1 aliphatic heterocycles. The zero-order valence-electron chi connectivity index (χ0n) is 14.2. The molecule has 2 N–H and O–H groups in total. The zero-order valence-corrected chi connectivity index (χ0v) is 14.2. The summed E-state index contributed by atoms with van der Waals surface area (Å²) in [5, 5.41) is 0. The van der Waals surface area contributed by atoms with Crippen LogP contribution in [0.4, 0.5) is 0 Å². The third-order valence-electron chi connectivity index (χ3n) is 5.20. The summed E-state index contributed by atoms with van der Waals surface area (Å²) < 4.78 is 5.90. The van der Waals surface area contributed by atoms with E-state index in [-0.39, 0.29) is 0 Å². The molecular formula is C18H36N2O. The van der Waals surface area contributed by atoms with Gasteiger partial charge in [-0.2, -0.15) is 0 Å². The summed E-state index contributed by atoms with van der Waals surface area (Å²) in [5.74, 6) is 0. The topological polar surface area (TPSA) is 38.5 Å². The Morgan fingerprint density at radius 3 is 1.81 bits per heavy atom. The molecule has 3 heteroatoms. The second-order valence-electron chi connectivity index (χ2n) is 7.35. The summed E-state index contributed by atoms with van der Waals surface area (Å²) in [4.78, 5) is 2.63. The van der Waals surface area contributed by atoms with E-state index >= 15 is 0 Å². The Kier molecular flexibility index (Phi) is 7.48. The van der Waals surface area contributed by atoms with Crippen LogP contribution in [0.2, 0.25) is 0 Å². The Labute approximate surface area is 131 Å². The van der Waals surface area contributed by atoms with Crippen LogP contribution in [0.5, 0.6) is 0 Å². The average Bonchev–Trinajstić information content (AvgIpc) is 2.41. The lowest BCUT2D eigenvalue weighted by molar-refractivity contribution is -0.0844. The SMILES string of the molecule is C[C@@H]1CN(C2CCCCCCCCCCC2N)C[C@H](C)O1. The van der Waals surface area contributed by atoms with E-state index in [9.17, 15) is 0 Å². The van der Waals surface area contributed by atoms with Crippen molar-refractivity contribution in [3.63, 3.8) is 0 Å². The predicted molar refractivity (Wildman–Crippen MR) is 89.5 cm³/mol. The molecule has 2 aliphatic rings. The van der Waals surface area contributed by atoms with Crippen molar-refractivity contribution < 1.29 is 4.74 Å². The molecule has 1 heterocycles. The van der Waals surface area contributed by atoms with Gasteiger partial charge >= 0.3 is 0 Å². The third kappa shape index (κ3) is 5.88. The van der Waals surface area contributed by atoms with Crippen LogP contribution in [0.15, 0.2) is 0 Å². The smallest absolute Gasteiger partial charge is 0.0678 e. The van der Waals surface area contributed by atoms with Crippen molar-refractivity contribution >= 4 is 0 Å². The van der Waals surface area contributed by atoms with Gasteiger partial charge in [0.05, 0.1) is 12.2 Å². The van der Waals surface area contributed by atoms with Gasteiger partial charge < -0.3 is 10.5 Å². The van der Waals surface area contributed by atoms with Crippen molar-refractivity contribution in [3.8, 4) is 0 Å². The van der Waals surface area contributed by atoms with E-state index in [1.807, 2.05) is 0 Å². The zero-order chi connectivity index (χ0) is 15.1. The minimum atomic E-state index is 0.349. The maximum absolute atomic E-state index is 6.60. The molecule has 3 nitrogen and oxygen atoms in total. The van der Waals surface area contributed by atoms with E-state index < -0.39 is 0 Å². The number of nitrogens with zero attached hydrogens (tertiary/aromatic N) is 1. The molecule has 0 bridgehead atoms. The fourth-order valence-corrected chi connectivity index (χ4v) is 4.14. The van der Waals surface area contributed by atoms with Crippen LogP contribution < -0.4 is 5.73 Å². The molecule has 21 heavy (non-hydrogen) atoms. The summed E-state index contributed by atoms with van der Waals surface area (Å²) in [6.07, 6.45) is 14.3. The summed E-state index contributed by atoms with van der Waals surface area (Å²) in [6, 6.07) is 0.917. The van der Waals surface area contributed by atoms with E-state index in [0.717, 1.165) is 13.1 Å². The lowest BCUT2D eigenvalue weighted by atomic mass is 9.92. The van der Waals surface area contributed by atoms with Crippen molar-refractivity contribution in [1.82, 2.24) is 4.90 Å². The summed E-state index contributed by atoms with van der Waals surface area (Å²) in [6.45, 7) is 6.51. The Morgan fingerprint density at radius 1 is 0.762 bits per heavy atom. The highest BCUT2D eigenvalue weighted by Gasteiger charge is 2.30. The Balaban J connectivity index is 1.93. The highest BCUT2D eigenvalue weighted by Crippen LogP contribution is 2.23. The Bertz CT molecular complexity index is 274. The Hall–Kier alpha value is -0.120. The second kappa shape index (κ2) is 9.12. The van der Waals surface area contributed by atoms with Crippen LogP contribution in [0.25, 0.3) is 0 Å². The summed E-state index contributed by atoms with van der Waals surface area (Å²) in [5.41, 5.74) is 6.60. The molecule has 1 saturated heterocycles. The van der Waals surface area contributed by atoms with Crippen molar-refractivity contribution in [2.75, 3.05) is 13.1 Å². The van der Waals surface area contributed by atoms with Crippen LogP contribution in [-0.2, 0) is 4.74 Å². The molecular weight excluding hydrogens is 260 g/mol. The first-order chi connectivity index (χ1) is 10.2. The molecule has 2 unspecified atom stereocenters. The van der Waals surface area contributed by atoms with Crippen molar-refractivity contribution in [1.29, 1.82) is 0 Å². The normalized spacial score (nSPS) is 38.4. The van der Waals surface area contributed by atoms with Crippen LogP contribution in [0.1, 0.15) is 78.1 Å². The monoisotopic (exact) mass is 296 g/mol. The Morgan fingerprint density at radius 2 is 1.24 bits per heavy atom. The highest BCUT2D eigenvalue weighted by molar-refractivity contribution is 4.86. The highest BCUT2D eigenvalue weighted by atomic mass is 16.5. The number of hydrogen-bond acceptors (Lipinski definition) is 3. The van der Waals surface area contributed by atoms with E-state index in [1.54, 1.807) is 0 Å². The number of hydrogen-bond donors (Lipinski definition) is 1. The summed E-state index contributed by atoms with van der Waals surface area (Å²) in [7, 11) is 0. The van der Waals surface area contributed by atoms with Crippen molar-refractivity contribution in [2.45, 2.75) is 102 Å². The van der Waals surface area contributed by atoms with E-state index in [0.29, 0.717) is 24.3 Å². The van der Waals surface area contributed by atoms with E-state index in [2.05, 4.69) is 18.7 Å². The molecule has 1 aliphatic carbocycles. The number of ether oxygens (including phenoxy) is 1. The second-order valence-corrected chi connectivity index (χ2v) is 7.35. The molecule has 0 spiro atoms. The first-order valence-corrected chi connectivity index (χ1v) is 9.32. The van der Waals surface area contributed by atoms with E-state index in [1.165, 1.54) is 64.2 Å². The van der Waals surface area contributed by atoms with Crippen LogP contribution in [0, 0.1) is 0 Å². The van der Waals surface area contributed by atoms with Gasteiger partial charge in [-0.3, -0.25) is 4.90 Å². The van der Waals surface area contributed by atoms with Crippen LogP contribution >= 0.6 is 0 Å². The largest absolute Gasteiger partial charge is 0.373 e. The molecule has 0 aromatic rings. The maximum Gasteiger partial charge on any atom is 0.0678 e. The van der Waals surface area contributed by atoms with Crippen LogP contribution in [0.3, 0.4) is 0 Å². The lowest BCUT2D eigenvalue weighted by Gasteiger charge is -2.42. The standard InChI is InChI=1S/C18H36N2O/c1-15-13-20(14-16(2)21-15)18-12-10-8-6-4-3-5-7-9-11-17(18)19/h15-18H,3-14,19H2,1-2H3/t15-,16+,17?,18?. The first-order valence-electron chi connectivity index (χ1n) is 9.32. The van der Waals surface area contributed by atoms with Gasteiger partial charge in [-0.15, -0.1) is 0 Å². The van der Waals surface area contributed by atoms with Gasteiger partial charge in [-0.25, -0.2) is 0 Å². The molecule has 0 amide bonds. The van der Waals surface area contributed by atoms with Gasteiger partial charge in [0.25, 0.3) is 0 Å². The predicted octanol–water partition coefficient (Wildman–Crippen LogP) is 3.71. The van der Waals surface area contributed by atoms with Gasteiger partial charge in [-0.1, -0.05) is 51.4 Å². The van der Waals surface area contributed by atoms with Gasteiger partial charge in [0, 0.05) is 25.2 Å². The van der Waals surface area contributed by atoms with E-state index in [4.69, 9.17) is 10.5 Å². The molecule has 0 radical (unpaired) electrons. The molecule has 0 aromatic carbocycles. The third-order valence-corrected chi connectivity index (χ3v) is 5.20. The van der Waals surface area contributed by atoms with Gasteiger partial charge in [-0.05, 0) is 26.7 Å². The quantitative estimate of drug-likeness (QED) is 0.801. The number of rotatable bonds is 1. The molecule has 4 atom stereocenters. The first kappa shape index (κ1) is 17.2. The van der Waals surface area contributed by atoms with Gasteiger partial charge in [0.2, 0.25) is 0 Å². The molecule has 0 aromatic heterocycles. The minimum Gasteiger partial charge on any atom is -0.373 e. The van der Waals surface area contributed by atoms with Gasteiger partial charge in [0.15, 0.2) is 0 Å². The fourth-order valence-electron chi connectivity index (χ4n) is 4.14. The fraction of sp³-hybridized carbons (Fsp3) is 1.00. The van der Waals surface area contributed by atoms with Crippen LogP contribution in [-0.4, -0.2) is 42.3 Å². The van der Waals surface area contributed by atoms with Crippen molar-refractivity contribution in [3.05, 3.63) is 0 Å². The maximum atomic E-state index is 6.60.